The molecule has 0 aromatic heterocycles. The number of alkyl halides is 1. The van der Waals surface area contributed by atoms with E-state index in [9.17, 15) is 4.79 Å². The summed E-state index contributed by atoms with van der Waals surface area (Å²) in [6.45, 7) is 0. The summed E-state index contributed by atoms with van der Waals surface area (Å²) in [5.74, 6) is 0.390. The lowest BCUT2D eigenvalue weighted by Gasteiger charge is -2.05. The Labute approximate surface area is 64.8 Å². The van der Waals surface area contributed by atoms with Crippen molar-refractivity contribution in [2.24, 2.45) is 0 Å². The van der Waals surface area contributed by atoms with Crippen LogP contribution in [0.5, 0.6) is 0 Å². The molecule has 0 aromatic rings. The van der Waals surface area contributed by atoms with Crippen LogP contribution in [-0.2, 0) is 9.53 Å². The maximum atomic E-state index is 10.5. The van der Waals surface area contributed by atoms with Crippen LogP contribution < -0.4 is 0 Å². The minimum Gasteiger partial charge on any atom is -0.455 e. The van der Waals surface area contributed by atoms with E-state index in [0.29, 0.717) is 5.88 Å². The lowest BCUT2D eigenvalue weighted by molar-refractivity contribution is -0.138. The Hall–Kier alpha value is -0.500. The molecule has 0 saturated carbocycles. The maximum Gasteiger partial charge on any atom is 0.331 e. The van der Waals surface area contributed by atoms with Crippen LogP contribution in [-0.4, -0.2) is 18.0 Å². The zero-order valence-corrected chi connectivity index (χ0v) is 6.30. The summed E-state index contributed by atoms with van der Waals surface area (Å²) in [5.41, 5.74) is 0. The van der Waals surface area contributed by atoms with Gasteiger partial charge in [0.25, 0.3) is 0 Å². The van der Waals surface area contributed by atoms with Crippen LogP contribution in [0, 0.1) is 0 Å². The Morgan fingerprint density at radius 1 is 1.70 bits per heavy atom. The first-order valence-corrected chi connectivity index (χ1v) is 3.81. The van der Waals surface area contributed by atoms with E-state index in [-0.39, 0.29) is 12.1 Å². The first-order valence-electron chi connectivity index (χ1n) is 3.27. The zero-order valence-electron chi connectivity index (χ0n) is 5.55. The van der Waals surface area contributed by atoms with Gasteiger partial charge in [0.1, 0.15) is 6.10 Å². The third-order valence-corrected chi connectivity index (χ3v) is 1.60. The van der Waals surface area contributed by atoms with E-state index >= 15 is 0 Å². The molecule has 1 unspecified atom stereocenters. The zero-order chi connectivity index (χ0) is 7.40. The summed E-state index contributed by atoms with van der Waals surface area (Å²) in [6, 6.07) is 0. The molecule has 0 aliphatic carbocycles. The molecule has 1 rings (SSSR count). The smallest absolute Gasteiger partial charge is 0.331 e. The molecule has 0 aromatic carbocycles. The standard InChI is InChI=1S/C7H9ClO2/c8-5-1-2-6-3-4-7(9)10-6/h3-4,6H,1-2,5H2. The molecule has 1 aliphatic rings. The Morgan fingerprint density at radius 2 is 2.50 bits per heavy atom. The molecule has 0 saturated heterocycles. The maximum absolute atomic E-state index is 10.5. The second-order valence-corrected chi connectivity index (χ2v) is 2.54. The van der Waals surface area contributed by atoms with E-state index in [4.69, 9.17) is 16.3 Å². The van der Waals surface area contributed by atoms with Crippen molar-refractivity contribution in [1.82, 2.24) is 0 Å². The highest BCUT2D eigenvalue weighted by atomic mass is 35.5. The van der Waals surface area contributed by atoms with Crippen LogP contribution in [0.1, 0.15) is 12.8 Å². The molecule has 56 valence electrons. The first-order chi connectivity index (χ1) is 4.83. The van der Waals surface area contributed by atoms with Gasteiger partial charge in [-0.3, -0.25) is 0 Å². The number of carbonyl (C=O) groups excluding carboxylic acids is 1. The molecule has 0 spiro atoms. The third kappa shape index (κ3) is 2.03. The van der Waals surface area contributed by atoms with Gasteiger partial charge in [-0.05, 0) is 18.9 Å². The first kappa shape index (κ1) is 7.61. The van der Waals surface area contributed by atoms with Gasteiger partial charge in [-0.2, -0.15) is 0 Å². The van der Waals surface area contributed by atoms with Gasteiger partial charge in [0.15, 0.2) is 0 Å². The number of hydrogen-bond acceptors (Lipinski definition) is 2. The number of cyclic esters (lactones) is 1. The van der Waals surface area contributed by atoms with Crippen molar-refractivity contribution in [3.63, 3.8) is 0 Å². The van der Waals surface area contributed by atoms with Crippen LogP contribution in [0.3, 0.4) is 0 Å². The molecular formula is C7H9ClO2. The molecule has 0 amide bonds. The average molecular weight is 161 g/mol. The monoisotopic (exact) mass is 160 g/mol. The van der Waals surface area contributed by atoms with E-state index in [1.165, 1.54) is 6.08 Å². The van der Waals surface area contributed by atoms with E-state index < -0.39 is 0 Å². The van der Waals surface area contributed by atoms with Gasteiger partial charge >= 0.3 is 5.97 Å². The van der Waals surface area contributed by atoms with Crippen molar-refractivity contribution in [3.05, 3.63) is 12.2 Å². The molecule has 1 aliphatic heterocycles. The molecule has 0 N–H and O–H groups in total. The number of esters is 1. The van der Waals surface area contributed by atoms with Crippen molar-refractivity contribution < 1.29 is 9.53 Å². The Kier molecular flexibility index (Phi) is 2.75. The molecule has 0 fully saturated rings. The predicted octanol–water partition coefficient (Wildman–Crippen LogP) is 1.49. The SMILES string of the molecule is O=C1C=CC(CCCCl)O1. The molecular weight excluding hydrogens is 152 g/mol. The lowest BCUT2D eigenvalue weighted by Crippen LogP contribution is -2.07. The second kappa shape index (κ2) is 3.62. The second-order valence-electron chi connectivity index (χ2n) is 2.17. The fourth-order valence-electron chi connectivity index (χ4n) is 0.847. The molecule has 0 bridgehead atoms. The highest BCUT2D eigenvalue weighted by Crippen LogP contribution is 2.10. The number of ether oxygens (including phenoxy) is 1. The van der Waals surface area contributed by atoms with Crippen LogP contribution in [0.25, 0.3) is 0 Å². The fourth-order valence-corrected chi connectivity index (χ4v) is 1.00. The number of halogens is 1. The largest absolute Gasteiger partial charge is 0.455 e. The van der Waals surface area contributed by atoms with Gasteiger partial charge in [-0.1, -0.05) is 0 Å². The summed E-state index contributed by atoms with van der Waals surface area (Å²) < 4.78 is 4.85. The summed E-state index contributed by atoms with van der Waals surface area (Å²) in [6.07, 6.45) is 4.94. The fraction of sp³-hybridized carbons (Fsp3) is 0.571. The van der Waals surface area contributed by atoms with Gasteiger partial charge < -0.3 is 4.74 Å². The molecule has 1 atom stereocenters. The van der Waals surface area contributed by atoms with Gasteiger partial charge in [0, 0.05) is 12.0 Å². The summed E-state index contributed by atoms with van der Waals surface area (Å²) in [7, 11) is 0. The van der Waals surface area contributed by atoms with Crippen molar-refractivity contribution >= 4 is 17.6 Å². The van der Waals surface area contributed by atoms with Gasteiger partial charge in [-0.15, -0.1) is 11.6 Å². The topological polar surface area (TPSA) is 26.3 Å². The normalized spacial score (nSPS) is 23.3. The van der Waals surface area contributed by atoms with Crippen LogP contribution in [0.15, 0.2) is 12.2 Å². The van der Waals surface area contributed by atoms with E-state index in [0.717, 1.165) is 12.8 Å². The third-order valence-electron chi connectivity index (χ3n) is 1.34. The number of rotatable bonds is 3. The van der Waals surface area contributed by atoms with Gasteiger partial charge in [0.2, 0.25) is 0 Å². The molecule has 10 heavy (non-hydrogen) atoms. The quantitative estimate of drug-likeness (QED) is 0.462. The molecule has 1 heterocycles. The van der Waals surface area contributed by atoms with Crippen LogP contribution in [0.2, 0.25) is 0 Å². The van der Waals surface area contributed by atoms with Crippen molar-refractivity contribution in [1.29, 1.82) is 0 Å². The Bertz CT molecular complexity index is 154. The van der Waals surface area contributed by atoms with E-state index in [1.54, 1.807) is 6.08 Å². The molecule has 0 radical (unpaired) electrons. The summed E-state index contributed by atoms with van der Waals surface area (Å²) in [5, 5.41) is 0. The molecule has 3 heteroatoms. The van der Waals surface area contributed by atoms with E-state index in [1.807, 2.05) is 0 Å². The Morgan fingerprint density at radius 3 is 3.00 bits per heavy atom. The van der Waals surface area contributed by atoms with Crippen molar-refractivity contribution in [2.75, 3.05) is 5.88 Å². The van der Waals surface area contributed by atoms with Gasteiger partial charge in [0.05, 0.1) is 0 Å². The number of carbonyl (C=O) groups is 1. The van der Waals surface area contributed by atoms with Gasteiger partial charge in [-0.25, -0.2) is 4.79 Å². The summed E-state index contributed by atoms with van der Waals surface area (Å²) in [4.78, 5) is 10.5. The molecule has 2 nitrogen and oxygen atoms in total. The van der Waals surface area contributed by atoms with Crippen LogP contribution >= 0.6 is 11.6 Å². The van der Waals surface area contributed by atoms with E-state index in [2.05, 4.69) is 0 Å². The highest BCUT2D eigenvalue weighted by molar-refractivity contribution is 6.17. The van der Waals surface area contributed by atoms with Crippen LogP contribution in [0.4, 0.5) is 0 Å². The van der Waals surface area contributed by atoms with Crippen molar-refractivity contribution in [2.45, 2.75) is 18.9 Å². The lowest BCUT2D eigenvalue weighted by atomic mass is 10.2. The predicted molar refractivity (Wildman–Crippen MR) is 39.0 cm³/mol. The minimum absolute atomic E-state index is 0.0220. The Balaban J connectivity index is 2.20. The minimum atomic E-state index is -0.237. The average Bonchev–Trinajstić information content (AvgIpc) is 2.31. The summed E-state index contributed by atoms with van der Waals surface area (Å²) >= 11 is 5.45. The number of hydrogen-bond donors (Lipinski definition) is 0. The van der Waals surface area contributed by atoms with Crippen molar-refractivity contribution in [3.8, 4) is 0 Å². The highest BCUT2D eigenvalue weighted by Gasteiger charge is 2.14.